The van der Waals surface area contributed by atoms with Gasteiger partial charge >= 0.3 is 7.82 Å². The molecule has 0 spiro atoms. The summed E-state index contributed by atoms with van der Waals surface area (Å²) in [6.07, 6.45) is 2.88. The Hall–Kier alpha value is -0.750. The highest BCUT2D eigenvalue weighted by Gasteiger charge is 2.00. The number of hydrogen-bond donors (Lipinski definition) is 3. The minimum atomic E-state index is -4.64. The summed E-state index contributed by atoms with van der Waals surface area (Å²) in [5.41, 5.74) is 0. The molecule has 1 rings (SSSR count). The first kappa shape index (κ1) is 9.25. The maximum Gasteiger partial charge on any atom is 0.466 e. The lowest BCUT2D eigenvalue weighted by Gasteiger charge is -1.82. The minimum Gasteiger partial charge on any atom is -0.346 e. The van der Waals surface area contributed by atoms with Gasteiger partial charge in [-0.15, -0.1) is 5.10 Å². The predicted molar refractivity (Wildman–Crippen MR) is 28.6 cm³/mol. The van der Waals surface area contributed by atoms with Gasteiger partial charge in [0.05, 0.1) is 6.20 Å². The zero-order valence-electron chi connectivity index (χ0n) is 4.65. The molecule has 8 heteroatoms. The highest BCUT2D eigenvalue weighted by molar-refractivity contribution is 7.45. The molecule has 0 aromatic carbocycles. The summed E-state index contributed by atoms with van der Waals surface area (Å²) < 4.78 is 13.1. The van der Waals surface area contributed by atoms with Gasteiger partial charge in [0.2, 0.25) is 0 Å². The second kappa shape index (κ2) is 4.13. The molecule has 0 fully saturated rings. The van der Waals surface area contributed by atoms with Crippen molar-refractivity contribution in [3.8, 4) is 0 Å². The van der Waals surface area contributed by atoms with Crippen molar-refractivity contribution in [2.75, 3.05) is 0 Å². The average molecular weight is 168 g/mol. The first-order chi connectivity index (χ1) is 4.50. The van der Waals surface area contributed by atoms with Crippen LogP contribution in [-0.2, 0) is 4.57 Å². The summed E-state index contributed by atoms with van der Waals surface area (Å²) in [6.45, 7) is 0. The second-order valence-electron chi connectivity index (χ2n) is 1.10. The Bertz CT molecular complexity index is 166. The Morgan fingerprint density at radius 2 is 1.90 bits per heavy atom. The van der Waals surface area contributed by atoms with Crippen LogP contribution in [0, 0.1) is 0 Å². The molecule has 0 saturated heterocycles. The van der Waals surface area contributed by atoms with Gasteiger partial charge in [0.15, 0.2) is 0 Å². The molecule has 58 valence electrons. The molecule has 1 aromatic rings. The quantitative estimate of drug-likeness (QED) is 0.431. The molecule has 0 atom stereocenters. The summed E-state index contributed by atoms with van der Waals surface area (Å²) in [5.74, 6) is 0. The Morgan fingerprint density at radius 3 is 2.00 bits per heavy atom. The zero-order chi connectivity index (χ0) is 8.04. The van der Waals surface area contributed by atoms with Gasteiger partial charge in [-0.25, -0.2) is 4.57 Å². The Kier molecular flexibility index (Phi) is 3.82. The average Bonchev–Trinajstić information content (AvgIpc) is 2.07. The number of nitrogens with zero attached hydrogens (tertiary/aromatic N) is 2. The molecule has 0 aliphatic heterocycles. The van der Waals surface area contributed by atoms with E-state index in [1.165, 1.54) is 12.5 Å². The molecule has 3 N–H and O–H groups in total. The smallest absolute Gasteiger partial charge is 0.346 e. The van der Waals surface area contributed by atoms with E-state index in [0.717, 1.165) is 0 Å². The molecule has 0 aliphatic rings. The van der Waals surface area contributed by atoms with E-state index in [9.17, 15) is 0 Å². The van der Waals surface area contributed by atoms with Crippen LogP contribution >= 0.6 is 7.82 Å². The maximum absolute atomic E-state index is 8.88. The molecule has 10 heavy (non-hydrogen) atoms. The highest BCUT2D eigenvalue weighted by Crippen LogP contribution is 2.25. The van der Waals surface area contributed by atoms with E-state index in [1.54, 1.807) is 0 Å². The number of phosphoric acid groups is 1. The summed E-state index contributed by atoms with van der Waals surface area (Å²) in [6, 6.07) is 0. The van der Waals surface area contributed by atoms with Crippen molar-refractivity contribution in [3.63, 3.8) is 0 Å². The highest BCUT2D eigenvalue weighted by atomic mass is 31.2. The van der Waals surface area contributed by atoms with E-state index >= 15 is 0 Å². The lowest BCUT2D eigenvalue weighted by atomic mass is 11.0. The number of hydrogen-bond acceptors (Lipinski definition) is 4. The van der Waals surface area contributed by atoms with Crippen molar-refractivity contribution in [1.82, 2.24) is 10.4 Å². The maximum atomic E-state index is 8.88. The molecule has 0 bridgehead atoms. The van der Waals surface area contributed by atoms with Crippen LogP contribution in [0.1, 0.15) is 0 Å². The molecule has 0 aliphatic carbocycles. The lowest BCUT2D eigenvalue weighted by molar-refractivity contribution is 0.275. The van der Waals surface area contributed by atoms with Crippen LogP contribution < -0.4 is 0 Å². The van der Waals surface area contributed by atoms with Crippen molar-refractivity contribution in [2.24, 2.45) is 0 Å². The number of rotatable bonds is 0. The number of aromatic nitrogens is 2. The van der Waals surface area contributed by atoms with Crippen molar-refractivity contribution in [3.05, 3.63) is 12.5 Å². The van der Waals surface area contributed by atoms with E-state index < -0.39 is 7.82 Å². The van der Waals surface area contributed by atoms with E-state index in [0.29, 0.717) is 0 Å². The lowest BCUT2D eigenvalue weighted by Crippen LogP contribution is -1.66. The first-order valence-corrected chi connectivity index (χ1v) is 3.56. The van der Waals surface area contributed by atoms with Gasteiger partial charge in [0, 0.05) is 5.27 Å². The van der Waals surface area contributed by atoms with Crippen LogP contribution in [0.25, 0.3) is 0 Å². The molecule has 0 saturated carbocycles. The Morgan fingerprint density at radius 1 is 1.40 bits per heavy atom. The van der Waals surface area contributed by atoms with Gasteiger partial charge in [0.25, 0.3) is 0 Å². The van der Waals surface area contributed by atoms with Gasteiger partial charge in [0.1, 0.15) is 6.26 Å². The fraction of sp³-hybridized carbons (Fsp3) is 0. The van der Waals surface area contributed by atoms with Gasteiger partial charge in [-0.2, -0.15) is 0 Å². The molecule has 0 unspecified atom stereocenters. The van der Waals surface area contributed by atoms with Crippen molar-refractivity contribution < 1.29 is 23.8 Å². The third-order valence-corrected chi connectivity index (χ3v) is 0.283. The van der Waals surface area contributed by atoms with E-state index in [4.69, 9.17) is 19.2 Å². The molecule has 0 radical (unpaired) electrons. The van der Waals surface area contributed by atoms with Crippen molar-refractivity contribution in [2.45, 2.75) is 0 Å². The summed E-state index contributed by atoms with van der Waals surface area (Å²) >= 11 is 0. The predicted octanol–water partition coefficient (Wildman–Crippen LogP) is -0.859. The van der Waals surface area contributed by atoms with Crippen LogP contribution in [-0.4, -0.2) is 25.1 Å². The Labute approximate surface area is 55.5 Å². The first-order valence-electron chi connectivity index (χ1n) is 1.99. The molecule has 7 nitrogen and oxygen atoms in total. The molecule has 1 aromatic heterocycles. The monoisotopic (exact) mass is 168 g/mol. The van der Waals surface area contributed by atoms with E-state index in [2.05, 4.69) is 14.9 Å². The molecule has 1 heterocycles. The SMILES string of the molecule is O=P(O)(O)O.c1conn1. The third kappa shape index (κ3) is 15.7. The van der Waals surface area contributed by atoms with Gasteiger partial charge in [-0.1, -0.05) is 0 Å². The van der Waals surface area contributed by atoms with Crippen LogP contribution in [0.15, 0.2) is 17.0 Å². The van der Waals surface area contributed by atoms with Crippen LogP contribution in [0.5, 0.6) is 0 Å². The second-order valence-corrected chi connectivity index (χ2v) is 2.13. The van der Waals surface area contributed by atoms with Crippen molar-refractivity contribution >= 4 is 7.82 Å². The fourth-order valence-corrected chi connectivity index (χ4v) is 0.136. The van der Waals surface area contributed by atoms with Gasteiger partial charge in [-0.05, 0) is 0 Å². The van der Waals surface area contributed by atoms with Crippen LogP contribution in [0.2, 0.25) is 0 Å². The fourth-order valence-electron chi connectivity index (χ4n) is 0.136. The Balaban J connectivity index is 0.000000162. The van der Waals surface area contributed by atoms with Crippen molar-refractivity contribution in [1.29, 1.82) is 0 Å². The van der Waals surface area contributed by atoms with Crippen LogP contribution in [0.3, 0.4) is 0 Å². The van der Waals surface area contributed by atoms with Gasteiger partial charge in [-0.3, -0.25) is 0 Å². The third-order valence-electron chi connectivity index (χ3n) is 0.283. The summed E-state index contributed by atoms with van der Waals surface area (Å²) in [7, 11) is -4.64. The largest absolute Gasteiger partial charge is 0.466 e. The minimum absolute atomic E-state index is 1.40. The standard InChI is InChI=1S/C2H2N2O.H3O4P/c1-2-5-4-3-1;1-5(2,3)4/h1-2H;(H3,1,2,3,4). The normalized spacial score (nSPS) is 9.90. The summed E-state index contributed by atoms with van der Waals surface area (Å²) in [4.78, 5) is 21.6. The summed E-state index contributed by atoms with van der Waals surface area (Å²) in [5, 5.41) is 6.40. The van der Waals surface area contributed by atoms with E-state index in [-0.39, 0.29) is 0 Å². The molecule has 0 amide bonds. The van der Waals surface area contributed by atoms with Crippen LogP contribution in [0.4, 0.5) is 0 Å². The topological polar surface area (TPSA) is 117 Å². The van der Waals surface area contributed by atoms with E-state index in [1.807, 2.05) is 0 Å². The molecular weight excluding hydrogens is 163 g/mol. The zero-order valence-corrected chi connectivity index (χ0v) is 5.55. The van der Waals surface area contributed by atoms with Gasteiger partial charge < -0.3 is 19.2 Å². The molecular formula is C2H5N2O5P.